The smallest absolute Gasteiger partial charge is 0.277 e. The van der Waals surface area contributed by atoms with Gasteiger partial charge in [0.05, 0.1) is 17.8 Å². The molecule has 1 amide bonds. The summed E-state index contributed by atoms with van der Waals surface area (Å²) in [6, 6.07) is 12.4. The molecule has 0 atom stereocenters. The van der Waals surface area contributed by atoms with Crippen LogP contribution in [0.3, 0.4) is 0 Å². The first-order chi connectivity index (χ1) is 13.1. The summed E-state index contributed by atoms with van der Waals surface area (Å²) in [5, 5.41) is 4.23. The van der Waals surface area contributed by atoms with Gasteiger partial charge in [-0.15, -0.1) is 6.42 Å². The molecule has 0 saturated heterocycles. The second kappa shape index (κ2) is 10.7. The number of carbonyl (C=O) groups excluding carboxylic acids is 1. The van der Waals surface area contributed by atoms with Gasteiger partial charge in [0.2, 0.25) is 0 Å². The lowest BCUT2D eigenvalue weighted by molar-refractivity contribution is -0.123. The average molecular weight is 387 g/mol. The van der Waals surface area contributed by atoms with Gasteiger partial charge in [0.25, 0.3) is 5.91 Å². The first-order valence-corrected chi connectivity index (χ1v) is 8.54. The molecule has 0 spiro atoms. The Morgan fingerprint density at radius 2 is 2.04 bits per heavy atom. The number of nitrogens with zero attached hydrogens (tertiary/aromatic N) is 1. The Morgan fingerprint density at radius 1 is 1.26 bits per heavy atom. The number of carbonyl (C=O) groups is 1. The minimum atomic E-state index is -0.389. The summed E-state index contributed by atoms with van der Waals surface area (Å²) in [6.07, 6.45) is 6.65. The summed E-state index contributed by atoms with van der Waals surface area (Å²) in [6.45, 7) is 2.19. The van der Waals surface area contributed by atoms with E-state index in [1.165, 1.54) is 6.21 Å². The number of nitrogens with one attached hydrogen (secondary N) is 1. The van der Waals surface area contributed by atoms with Gasteiger partial charge in [-0.3, -0.25) is 4.79 Å². The van der Waals surface area contributed by atoms with Gasteiger partial charge in [-0.1, -0.05) is 35.7 Å². The fraction of sp³-hybridized carbons (Fsp3) is 0.200. The van der Waals surface area contributed by atoms with E-state index < -0.39 is 0 Å². The molecule has 1 N–H and O–H groups in total. The lowest BCUT2D eigenvalue weighted by Crippen LogP contribution is -2.24. The van der Waals surface area contributed by atoms with Crippen LogP contribution in [-0.4, -0.2) is 31.9 Å². The number of terminal acetylenes is 1. The van der Waals surface area contributed by atoms with Crippen molar-refractivity contribution in [2.24, 2.45) is 5.10 Å². The molecule has 2 aromatic rings. The second-order valence-electron chi connectivity index (χ2n) is 5.15. The lowest BCUT2D eigenvalue weighted by atomic mass is 10.2. The van der Waals surface area contributed by atoms with E-state index in [0.29, 0.717) is 34.4 Å². The topological polar surface area (TPSA) is 69.2 Å². The van der Waals surface area contributed by atoms with Crippen LogP contribution < -0.4 is 19.6 Å². The number of hydrogen-bond donors (Lipinski definition) is 1. The van der Waals surface area contributed by atoms with Crippen LogP contribution in [0, 0.1) is 12.3 Å². The molecule has 7 heteroatoms. The highest BCUT2D eigenvalue weighted by Gasteiger charge is 2.12. The Balaban J connectivity index is 1.97. The molecule has 0 radical (unpaired) electrons. The largest absolute Gasteiger partial charge is 0.490 e. The molecular formula is C20H19ClN2O4. The van der Waals surface area contributed by atoms with E-state index in [0.717, 1.165) is 0 Å². The molecule has 0 unspecified atom stereocenters. The molecule has 0 fully saturated rings. The second-order valence-corrected chi connectivity index (χ2v) is 5.56. The molecule has 0 aliphatic heterocycles. The normalized spacial score (nSPS) is 10.3. The van der Waals surface area contributed by atoms with Gasteiger partial charge in [0.15, 0.2) is 18.1 Å². The van der Waals surface area contributed by atoms with E-state index in [2.05, 4.69) is 16.4 Å². The predicted octanol–water partition coefficient (Wildman–Crippen LogP) is 3.28. The number of hydrogen-bond acceptors (Lipinski definition) is 5. The number of benzene rings is 2. The molecule has 0 aliphatic rings. The zero-order chi connectivity index (χ0) is 19.5. The van der Waals surface area contributed by atoms with Crippen molar-refractivity contribution in [3.63, 3.8) is 0 Å². The van der Waals surface area contributed by atoms with Crippen LogP contribution in [0.1, 0.15) is 12.5 Å². The van der Waals surface area contributed by atoms with Crippen molar-refractivity contribution in [2.45, 2.75) is 6.92 Å². The van der Waals surface area contributed by atoms with Crippen LogP contribution in [0.4, 0.5) is 0 Å². The molecule has 27 heavy (non-hydrogen) atoms. The highest BCUT2D eigenvalue weighted by Crippen LogP contribution is 2.36. The third-order valence-electron chi connectivity index (χ3n) is 3.15. The van der Waals surface area contributed by atoms with Gasteiger partial charge >= 0.3 is 0 Å². The van der Waals surface area contributed by atoms with Crippen molar-refractivity contribution in [3.8, 4) is 29.6 Å². The summed E-state index contributed by atoms with van der Waals surface area (Å²) < 4.78 is 16.3. The quantitative estimate of drug-likeness (QED) is 0.408. The third-order valence-corrected chi connectivity index (χ3v) is 3.43. The Morgan fingerprint density at radius 3 is 2.74 bits per heavy atom. The van der Waals surface area contributed by atoms with Gasteiger partial charge < -0.3 is 14.2 Å². The fourth-order valence-corrected chi connectivity index (χ4v) is 2.33. The Kier molecular flexibility index (Phi) is 8.01. The molecule has 0 saturated carbocycles. The summed E-state index contributed by atoms with van der Waals surface area (Å²) >= 11 is 6.22. The predicted molar refractivity (Wildman–Crippen MR) is 105 cm³/mol. The van der Waals surface area contributed by atoms with E-state index in [1.807, 2.05) is 25.1 Å². The first-order valence-electron chi connectivity index (χ1n) is 8.16. The molecule has 0 heterocycles. The molecule has 6 nitrogen and oxygen atoms in total. The zero-order valence-corrected chi connectivity index (χ0v) is 15.5. The van der Waals surface area contributed by atoms with E-state index in [9.17, 15) is 4.79 Å². The van der Waals surface area contributed by atoms with Gasteiger partial charge in [0, 0.05) is 0 Å². The van der Waals surface area contributed by atoms with E-state index in [-0.39, 0.29) is 19.1 Å². The molecule has 0 aliphatic carbocycles. The first kappa shape index (κ1) is 20.1. The van der Waals surface area contributed by atoms with Crippen LogP contribution in [0.25, 0.3) is 0 Å². The molecule has 140 valence electrons. The molecule has 2 aromatic carbocycles. The molecule has 0 bridgehead atoms. The van der Waals surface area contributed by atoms with Crippen molar-refractivity contribution in [1.29, 1.82) is 0 Å². The fourth-order valence-electron chi connectivity index (χ4n) is 2.06. The SMILES string of the molecule is C#CCOc1c(Cl)cc(/C=N\NC(=O)COc2ccccc2)cc1OCC. The average Bonchev–Trinajstić information content (AvgIpc) is 2.67. The minimum absolute atomic E-state index is 0.0741. The molecule has 2 rings (SSSR count). The van der Waals surface area contributed by atoms with Crippen molar-refractivity contribution < 1.29 is 19.0 Å². The monoisotopic (exact) mass is 386 g/mol. The number of para-hydroxylation sites is 1. The van der Waals surface area contributed by atoms with Gasteiger partial charge in [-0.25, -0.2) is 5.43 Å². The standard InChI is InChI=1S/C20H19ClN2O4/c1-3-10-26-20-17(21)11-15(12-18(20)25-4-2)13-22-23-19(24)14-27-16-8-6-5-7-9-16/h1,5-9,11-13H,4,10,14H2,2H3,(H,23,24)/b22-13-. The van der Waals surface area contributed by atoms with Crippen molar-refractivity contribution >= 4 is 23.7 Å². The molecule has 0 aromatic heterocycles. The third kappa shape index (κ3) is 6.57. The highest BCUT2D eigenvalue weighted by molar-refractivity contribution is 6.32. The number of halogens is 1. The summed E-state index contributed by atoms with van der Waals surface area (Å²) in [4.78, 5) is 11.8. The Labute approximate surface area is 163 Å². The number of ether oxygens (including phenoxy) is 3. The summed E-state index contributed by atoms with van der Waals surface area (Å²) in [5.41, 5.74) is 3.01. The zero-order valence-electron chi connectivity index (χ0n) is 14.8. The van der Waals surface area contributed by atoms with Crippen molar-refractivity contribution in [1.82, 2.24) is 5.43 Å². The summed E-state index contributed by atoms with van der Waals surface area (Å²) in [5.74, 6) is 3.41. The van der Waals surface area contributed by atoms with Crippen molar-refractivity contribution in [3.05, 3.63) is 53.1 Å². The lowest BCUT2D eigenvalue weighted by Gasteiger charge is -2.12. The van der Waals surface area contributed by atoms with Crippen LogP contribution in [-0.2, 0) is 4.79 Å². The Bertz CT molecular complexity index is 832. The summed E-state index contributed by atoms with van der Waals surface area (Å²) in [7, 11) is 0. The van der Waals surface area contributed by atoms with Crippen LogP contribution in [0.2, 0.25) is 5.02 Å². The van der Waals surface area contributed by atoms with Crippen LogP contribution in [0.15, 0.2) is 47.6 Å². The van der Waals surface area contributed by atoms with Gasteiger partial charge in [0.1, 0.15) is 12.4 Å². The highest BCUT2D eigenvalue weighted by atomic mass is 35.5. The van der Waals surface area contributed by atoms with Crippen molar-refractivity contribution in [2.75, 3.05) is 19.8 Å². The maximum atomic E-state index is 11.8. The minimum Gasteiger partial charge on any atom is -0.490 e. The van der Waals surface area contributed by atoms with Gasteiger partial charge in [-0.05, 0) is 36.8 Å². The van der Waals surface area contributed by atoms with Gasteiger partial charge in [-0.2, -0.15) is 5.10 Å². The Hall–Kier alpha value is -3.17. The van der Waals surface area contributed by atoms with E-state index in [4.69, 9.17) is 32.2 Å². The maximum absolute atomic E-state index is 11.8. The van der Waals surface area contributed by atoms with E-state index >= 15 is 0 Å². The van der Waals surface area contributed by atoms with E-state index in [1.54, 1.807) is 24.3 Å². The van der Waals surface area contributed by atoms with Crippen LogP contribution in [0.5, 0.6) is 17.2 Å². The van der Waals surface area contributed by atoms with Crippen LogP contribution >= 0.6 is 11.6 Å². The molecular weight excluding hydrogens is 368 g/mol. The number of amides is 1. The maximum Gasteiger partial charge on any atom is 0.277 e. The number of hydrazone groups is 1. The number of rotatable bonds is 9.